The minimum atomic E-state index is -4.58. The number of pyridine rings is 1. The molecule has 0 saturated carbocycles. The molecule has 0 aliphatic carbocycles. The van der Waals surface area contributed by atoms with Crippen LogP contribution in [0.25, 0.3) is 5.65 Å². The van der Waals surface area contributed by atoms with Gasteiger partial charge in [-0.25, -0.2) is 9.52 Å². The molecule has 0 saturated heterocycles. The number of carbonyl (C=O) groups is 1. The minimum absolute atomic E-state index is 0.0658. The van der Waals surface area contributed by atoms with Gasteiger partial charge in [0.2, 0.25) is 11.0 Å². The number of hydrogen-bond donors (Lipinski definition) is 2. The lowest BCUT2D eigenvalue weighted by atomic mass is 10.3. The maximum atomic E-state index is 14.1. The molecule has 2 N–H and O–H groups in total. The first-order chi connectivity index (χ1) is 12.7. The van der Waals surface area contributed by atoms with E-state index in [-0.39, 0.29) is 23.4 Å². The summed E-state index contributed by atoms with van der Waals surface area (Å²) in [5.41, 5.74) is 0.755. The van der Waals surface area contributed by atoms with Crippen molar-refractivity contribution in [2.75, 3.05) is 12.4 Å². The Bertz CT molecular complexity index is 1150. The maximum Gasteiger partial charge on any atom is 0.335 e. The van der Waals surface area contributed by atoms with E-state index in [1.807, 2.05) is 0 Å². The summed E-state index contributed by atoms with van der Waals surface area (Å²) < 4.78 is 46.7. The molecular weight excluding hydrogens is 381 g/mol. The number of hydrogen-bond acceptors (Lipinski definition) is 8. The average molecular weight is 395 g/mol. The van der Waals surface area contributed by atoms with Crippen LogP contribution in [0, 0.1) is 19.8 Å². The number of aryl methyl sites for hydroxylation is 2. The number of urea groups is 1. The lowest BCUT2D eigenvalue weighted by Crippen LogP contribution is -2.36. The molecule has 0 aliphatic heterocycles. The van der Waals surface area contributed by atoms with Crippen LogP contribution in [0.5, 0.6) is 6.01 Å². The number of carbonyl (C=O) groups excluding carboxylic acids is 1. The number of methoxy groups -OCH3 is 1. The number of nitrogens with one attached hydrogen (secondary N) is 2. The van der Waals surface area contributed by atoms with Crippen molar-refractivity contribution in [1.82, 2.24) is 29.1 Å². The largest absolute Gasteiger partial charge is 0.467 e. The quantitative estimate of drug-likeness (QED) is 0.661. The second-order valence-corrected chi connectivity index (χ2v) is 6.99. The maximum absolute atomic E-state index is 14.1. The molecule has 2 amide bonds. The van der Waals surface area contributed by atoms with Crippen LogP contribution in [0.1, 0.15) is 11.4 Å². The molecule has 142 valence electrons. The van der Waals surface area contributed by atoms with E-state index in [0.29, 0.717) is 5.56 Å². The van der Waals surface area contributed by atoms with Crippen molar-refractivity contribution in [3.8, 4) is 6.01 Å². The molecule has 3 aromatic heterocycles. The van der Waals surface area contributed by atoms with Gasteiger partial charge in [0, 0.05) is 6.20 Å². The van der Waals surface area contributed by atoms with Gasteiger partial charge in [-0.1, -0.05) is 6.07 Å². The molecular formula is C14H14FN7O4S. The number of sulfonamides is 1. The Morgan fingerprint density at radius 3 is 2.63 bits per heavy atom. The van der Waals surface area contributed by atoms with Gasteiger partial charge in [0.05, 0.1) is 7.11 Å². The molecule has 3 aromatic rings. The van der Waals surface area contributed by atoms with Gasteiger partial charge in [-0.15, -0.1) is 0 Å². The number of fused-ring (bicyclic) bond motifs is 1. The molecule has 13 heteroatoms. The highest BCUT2D eigenvalue weighted by Crippen LogP contribution is 2.18. The van der Waals surface area contributed by atoms with Crippen molar-refractivity contribution in [3.63, 3.8) is 0 Å². The summed E-state index contributed by atoms with van der Waals surface area (Å²) in [5.74, 6) is -1.23. The summed E-state index contributed by atoms with van der Waals surface area (Å²) in [4.78, 5) is 27.0. The fourth-order valence-electron chi connectivity index (χ4n) is 2.24. The second-order valence-electron chi connectivity index (χ2n) is 5.39. The first-order valence-corrected chi connectivity index (χ1v) is 8.92. The number of nitrogens with zero attached hydrogens (tertiary/aromatic N) is 5. The zero-order chi connectivity index (χ0) is 19.8. The van der Waals surface area contributed by atoms with E-state index in [2.05, 4.69) is 25.3 Å². The predicted octanol–water partition coefficient (Wildman–Crippen LogP) is 0.794. The molecule has 0 unspecified atom stereocenters. The monoisotopic (exact) mass is 395 g/mol. The lowest BCUT2D eigenvalue weighted by molar-refractivity contribution is 0.256. The SMILES string of the molecule is COc1nc(C)nc(NC(=O)NS(=O)(=O)c2c(F)nc3ccc(C)cn23)n1. The van der Waals surface area contributed by atoms with Gasteiger partial charge in [-0.05, 0) is 25.5 Å². The third-order valence-corrected chi connectivity index (χ3v) is 4.63. The molecule has 0 bridgehead atoms. The smallest absolute Gasteiger partial charge is 0.335 e. The van der Waals surface area contributed by atoms with E-state index in [1.165, 1.54) is 26.3 Å². The summed E-state index contributed by atoms with van der Waals surface area (Å²) in [7, 11) is -3.26. The Morgan fingerprint density at radius 1 is 1.19 bits per heavy atom. The van der Waals surface area contributed by atoms with E-state index in [1.54, 1.807) is 17.7 Å². The first kappa shape index (κ1) is 18.4. The molecule has 0 spiro atoms. The van der Waals surface area contributed by atoms with Crippen LogP contribution in [0.4, 0.5) is 15.1 Å². The number of rotatable bonds is 4. The third-order valence-electron chi connectivity index (χ3n) is 3.30. The second kappa shape index (κ2) is 6.75. The van der Waals surface area contributed by atoms with Crippen LogP contribution >= 0.6 is 0 Å². The fourth-order valence-corrected chi connectivity index (χ4v) is 3.31. The molecule has 11 nitrogen and oxygen atoms in total. The van der Waals surface area contributed by atoms with Gasteiger partial charge in [-0.2, -0.15) is 32.7 Å². The van der Waals surface area contributed by atoms with Crippen molar-refractivity contribution in [3.05, 3.63) is 35.7 Å². The van der Waals surface area contributed by atoms with Gasteiger partial charge in [0.25, 0.3) is 16.0 Å². The Morgan fingerprint density at radius 2 is 1.93 bits per heavy atom. The van der Waals surface area contributed by atoms with Crippen molar-refractivity contribution in [2.45, 2.75) is 18.9 Å². The Balaban J connectivity index is 1.89. The highest BCUT2D eigenvalue weighted by Gasteiger charge is 2.28. The fraction of sp³-hybridized carbons (Fsp3) is 0.214. The topological polar surface area (TPSA) is 140 Å². The molecule has 0 atom stereocenters. The van der Waals surface area contributed by atoms with Crippen LogP contribution in [-0.2, 0) is 10.0 Å². The van der Waals surface area contributed by atoms with Gasteiger partial charge in [0.1, 0.15) is 11.5 Å². The van der Waals surface area contributed by atoms with Gasteiger partial charge in [-0.3, -0.25) is 9.72 Å². The third kappa shape index (κ3) is 3.76. The van der Waals surface area contributed by atoms with Crippen LogP contribution in [0.2, 0.25) is 0 Å². The van der Waals surface area contributed by atoms with Gasteiger partial charge in [0.15, 0.2) is 0 Å². The van der Waals surface area contributed by atoms with Crippen molar-refractivity contribution in [1.29, 1.82) is 0 Å². The Kier molecular flexibility index (Phi) is 4.61. The predicted molar refractivity (Wildman–Crippen MR) is 90.3 cm³/mol. The lowest BCUT2D eigenvalue weighted by Gasteiger charge is -2.08. The van der Waals surface area contributed by atoms with E-state index >= 15 is 0 Å². The average Bonchev–Trinajstić information content (AvgIpc) is 2.89. The van der Waals surface area contributed by atoms with Gasteiger partial charge < -0.3 is 4.74 Å². The highest BCUT2D eigenvalue weighted by atomic mass is 32.2. The van der Waals surface area contributed by atoms with Crippen LogP contribution < -0.4 is 14.8 Å². The molecule has 3 heterocycles. The summed E-state index contributed by atoms with van der Waals surface area (Å²) in [6.45, 7) is 3.23. The minimum Gasteiger partial charge on any atom is -0.467 e. The Labute approximate surface area is 152 Å². The molecule has 3 rings (SSSR count). The van der Waals surface area contributed by atoms with E-state index in [4.69, 9.17) is 4.74 Å². The van der Waals surface area contributed by atoms with Crippen molar-refractivity contribution in [2.24, 2.45) is 0 Å². The standard InChI is InChI=1S/C14H14FN7O4S/c1-7-4-5-9-18-10(15)11(22(9)6-7)27(24,25)21-13(23)19-12-16-8(2)17-14(20-12)26-3/h4-6H,1-3H3,(H2,16,17,19,20,21,23). The number of ether oxygens (including phenoxy) is 1. The zero-order valence-electron chi connectivity index (χ0n) is 14.4. The molecule has 0 aliphatic rings. The molecule has 0 fully saturated rings. The number of anilines is 1. The number of halogens is 1. The Hall–Kier alpha value is -3.35. The molecule has 27 heavy (non-hydrogen) atoms. The summed E-state index contributed by atoms with van der Waals surface area (Å²) in [5, 5.41) is 1.34. The van der Waals surface area contributed by atoms with Crippen LogP contribution in [0.15, 0.2) is 23.4 Å². The van der Waals surface area contributed by atoms with E-state index < -0.39 is 27.0 Å². The number of imidazole rings is 1. The van der Waals surface area contributed by atoms with E-state index in [9.17, 15) is 17.6 Å². The van der Waals surface area contributed by atoms with Crippen LogP contribution in [-0.4, -0.2) is 45.9 Å². The number of amides is 2. The summed E-state index contributed by atoms with van der Waals surface area (Å²) >= 11 is 0. The van der Waals surface area contributed by atoms with Crippen molar-refractivity contribution < 1.29 is 22.3 Å². The highest BCUT2D eigenvalue weighted by molar-refractivity contribution is 7.90. The normalized spacial score (nSPS) is 11.4. The zero-order valence-corrected chi connectivity index (χ0v) is 15.2. The molecule has 0 aromatic carbocycles. The van der Waals surface area contributed by atoms with Crippen molar-refractivity contribution >= 4 is 27.6 Å². The van der Waals surface area contributed by atoms with E-state index in [0.717, 1.165) is 4.40 Å². The summed E-state index contributed by atoms with van der Waals surface area (Å²) in [6, 6.07) is 1.85. The number of aromatic nitrogens is 5. The summed E-state index contributed by atoms with van der Waals surface area (Å²) in [6.07, 6.45) is 1.39. The van der Waals surface area contributed by atoms with Gasteiger partial charge >= 0.3 is 12.0 Å². The molecule has 0 radical (unpaired) electrons. The first-order valence-electron chi connectivity index (χ1n) is 7.44. The van der Waals surface area contributed by atoms with Crippen LogP contribution in [0.3, 0.4) is 0 Å².